The van der Waals surface area contributed by atoms with Crippen LogP contribution in [0.25, 0.3) is 10.2 Å². The summed E-state index contributed by atoms with van der Waals surface area (Å²) in [7, 11) is 2.03. The summed E-state index contributed by atoms with van der Waals surface area (Å²) in [6.07, 6.45) is 3.86. The number of fused-ring (bicyclic) bond motifs is 1. The van der Waals surface area contributed by atoms with E-state index in [1.165, 1.54) is 29.5 Å². The summed E-state index contributed by atoms with van der Waals surface area (Å²) in [6.45, 7) is 1.12. The number of hydrogen-bond donors (Lipinski definition) is 2. The monoisotopic (exact) mass is 247 g/mol. The highest BCUT2D eigenvalue weighted by atomic mass is 32.1. The van der Waals surface area contributed by atoms with Gasteiger partial charge in [0, 0.05) is 6.54 Å². The average molecular weight is 247 g/mol. The third-order valence-electron chi connectivity index (χ3n) is 3.56. The summed E-state index contributed by atoms with van der Waals surface area (Å²) in [5, 5.41) is 3.96. The second-order valence-corrected chi connectivity index (χ2v) is 6.12. The van der Waals surface area contributed by atoms with Crippen LogP contribution in [0.5, 0.6) is 0 Å². The second kappa shape index (κ2) is 3.96. The predicted molar refractivity (Wildman–Crippen MR) is 73.3 cm³/mol. The van der Waals surface area contributed by atoms with Gasteiger partial charge in [-0.1, -0.05) is 17.4 Å². The highest BCUT2D eigenvalue weighted by Gasteiger charge is 2.41. The van der Waals surface area contributed by atoms with Gasteiger partial charge in [-0.25, -0.2) is 4.98 Å². The molecule has 0 saturated heterocycles. The Morgan fingerprint density at radius 2 is 2.29 bits per heavy atom. The van der Waals surface area contributed by atoms with Crippen molar-refractivity contribution >= 4 is 26.7 Å². The van der Waals surface area contributed by atoms with Gasteiger partial charge in [-0.2, -0.15) is 0 Å². The lowest BCUT2D eigenvalue weighted by molar-refractivity contribution is 0.478. The van der Waals surface area contributed by atoms with Crippen LogP contribution in [0.1, 0.15) is 18.4 Å². The molecule has 2 aromatic rings. The largest absolute Gasteiger partial charge is 0.375 e. The molecule has 1 aliphatic carbocycles. The van der Waals surface area contributed by atoms with E-state index in [-0.39, 0.29) is 0 Å². The molecule has 0 atom stereocenters. The van der Waals surface area contributed by atoms with Crippen molar-refractivity contribution in [1.29, 1.82) is 0 Å². The number of nitrogen functional groups attached to an aromatic ring is 1. The van der Waals surface area contributed by atoms with Gasteiger partial charge in [-0.15, -0.1) is 0 Å². The molecule has 0 radical (unpaired) electrons. The van der Waals surface area contributed by atoms with Gasteiger partial charge < -0.3 is 11.1 Å². The first kappa shape index (κ1) is 11.0. The van der Waals surface area contributed by atoms with Crippen LogP contribution in [0.2, 0.25) is 0 Å². The number of aromatic nitrogens is 1. The summed E-state index contributed by atoms with van der Waals surface area (Å²) in [4.78, 5) is 4.29. The van der Waals surface area contributed by atoms with Crippen molar-refractivity contribution < 1.29 is 0 Å². The summed E-state index contributed by atoms with van der Waals surface area (Å²) in [5.74, 6) is 0. The molecular weight excluding hydrogens is 230 g/mol. The van der Waals surface area contributed by atoms with Crippen LogP contribution in [-0.2, 0) is 6.42 Å². The van der Waals surface area contributed by atoms with Gasteiger partial charge in [0.25, 0.3) is 0 Å². The van der Waals surface area contributed by atoms with E-state index in [1.54, 1.807) is 11.3 Å². The lowest BCUT2D eigenvalue weighted by Gasteiger charge is -2.14. The molecule has 3 N–H and O–H groups in total. The number of thiazole rings is 1. The number of anilines is 1. The van der Waals surface area contributed by atoms with Crippen LogP contribution >= 0.6 is 11.3 Å². The number of nitrogens with one attached hydrogen (secondary N) is 1. The maximum atomic E-state index is 5.73. The zero-order valence-electron chi connectivity index (χ0n) is 9.99. The molecule has 1 aromatic heterocycles. The molecule has 1 aliphatic rings. The quantitative estimate of drug-likeness (QED) is 0.872. The van der Waals surface area contributed by atoms with E-state index in [1.807, 2.05) is 7.05 Å². The first-order valence-electron chi connectivity index (χ1n) is 6.00. The molecule has 3 nitrogen and oxygen atoms in total. The minimum Gasteiger partial charge on any atom is -0.375 e. The molecule has 1 heterocycles. The van der Waals surface area contributed by atoms with Crippen molar-refractivity contribution in [2.45, 2.75) is 19.3 Å². The maximum Gasteiger partial charge on any atom is 0.181 e. The van der Waals surface area contributed by atoms with Crippen molar-refractivity contribution in [3.05, 3.63) is 23.8 Å². The predicted octanol–water partition coefficient (Wildman–Crippen LogP) is 2.42. The Labute approximate surface area is 105 Å². The van der Waals surface area contributed by atoms with Crippen molar-refractivity contribution in [3.63, 3.8) is 0 Å². The van der Waals surface area contributed by atoms with Crippen LogP contribution in [0.15, 0.2) is 18.2 Å². The molecule has 1 saturated carbocycles. The van der Waals surface area contributed by atoms with E-state index >= 15 is 0 Å². The first-order chi connectivity index (χ1) is 8.21. The van der Waals surface area contributed by atoms with Crippen molar-refractivity contribution in [1.82, 2.24) is 10.3 Å². The number of nitrogens with zero attached hydrogens (tertiary/aromatic N) is 1. The van der Waals surface area contributed by atoms with E-state index in [2.05, 4.69) is 28.5 Å². The number of hydrogen-bond acceptors (Lipinski definition) is 4. The normalized spacial score (nSPS) is 17.5. The molecule has 1 aromatic carbocycles. The van der Waals surface area contributed by atoms with Crippen LogP contribution in [0.4, 0.5) is 5.13 Å². The van der Waals surface area contributed by atoms with E-state index in [9.17, 15) is 0 Å². The van der Waals surface area contributed by atoms with E-state index in [0.717, 1.165) is 12.1 Å². The zero-order chi connectivity index (χ0) is 11.9. The van der Waals surface area contributed by atoms with Crippen LogP contribution in [0.3, 0.4) is 0 Å². The topological polar surface area (TPSA) is 50.9 Å². The molecule has 17 heavy (non-hydrogen) atoms. The maximum absolute atomic E-state index is 5.73. The molecular formula is C13H17N3S. The minimum absolute atomic E-state index is 0.513. The number of rotatable bonds is 4. The molecule has 0 bridgehead atoms. The Morgan fingerprint density at radius 3 is 3.00 bits per heavy atom. The smallest absolute Gasteiger partial charge is 0.181 e. The second-order valence-electron chi connectivity index (χ2n) is 5.06. The molecule has 0 unspecified atom stereocenters. The lowest BCUT2D eigenvalue weighted by atomic mass is 9.96. The molecule has 4 heteroatoms. The third-order valence-corrected chi connectivity index (χ3v) is 4.40. The lowest BCUT2D eigenvalue weighted by Crippen LogP contribution is -2.21. The Hall–Kier alpha value is -1.13. The molecule has 0 spiro atoms. The summed E-state index contributed by atoms with van der Waals surface area (Å²) < 4.78 is 1.21. The summed E-state index contributed by atoms with van der Waals surface area (Å²) >= 11 is 1.58. The van der Waals surface area contributed by atoms with Crippen LogP contribution < -0.4 is 11.1 Å². The van der Waals surface area contributed by atoms with Gasteiger partial charge in [0.15, 0.2) is 5.13 Å². The molecule has 90 valence electrons. The fourth-order valence-electron chi connectivity index (χ4n) is 2.50. The average Bonchev–Trinajstić information content (AvgIpc) is 2.91. The molecule has 0 amide bonds. The van der Waals surface area contributed by atoms with Crippen molar-refractivity contribution in [2.24, 2.45) is 5.41 Å². The number of nitrogens with two attached hydrogens (primary N) is 1. The van der Waals surface area contributed by atoms with Crippen molar-refractivity contribution in [3.8, 4) is 0 Å². The highest BCUT2D eigenvalue weighted by Crippen LogP contribution is 2.48. The first-order valence-corrected chi connectivity index (χ1v) is 6.82. The van der Waals surface area contributed by atoms with Gasteiger partial charge in [0.1, 0.15) is 0 Å². The fraction of sp³-hybridized carbons (Fsp3) is 0.462. The van der Waals surface area contributed by atoms with E-state index in [0.29, 0.717) is 10.5 Å². The summed E-state index contributed by atoms with van der Waals surface area (Å²) in [5.41, 5.74) is 8.67. The van der Waals surface area contributed by atoms with Crippen molar-refractivity contribution in [2.75, 3.05) is 19.3 Å². The van der Waals surface area contributed by atoms with E-state index in [4.69, 9.17) is 5.73 Å². The minimum atomic E-state index is 0.513. The number of benzene rings is 1. The van der Waals surface area contributed by atoms with Crippen LogP contribution in [-0.4, -0.2) is 18.6 Å². The molecule has 3 rings (SSSR count). The molecule has 0 aliphatic heterocycles. The van der Waals surface area contributed by atoms with Gasteiger partial charge in [0.2, 0.25) is 0 Å². The molecule has 1 fully saturated rings. The Bertz CT molecular complexity index is 543. The van der Waals surface area contributed by atoms with Gasteiger partial charge in [-0.3, -0.25) is 0 Å². The third kappa shape index (κ3) is 2.15. The standard InChI is InChI=1S/C13H17N3S/c1-15-8-13(4-5-13)7-9-2-3-10-11(6-9)17-12(14)16-10/h2-3,6,15H,4-5,7-8H2,1H3,(H2,14,16). The zero-order valence-corrected chi connectivity index (χ0v) is 10.8. The SMILES string of the molecule is CNCC1(Cc2ccc3nc(N)sc3c2)CC1. The van der Waals surface area contributed by atoms with Gasteiger partial charge in [-0.05, 0) is 49.4 Å². The Balaban J connectivity index is 1.85. The van der Waals surface area contributed by atoms with Gasteiger partial charge >= 0.3 is 0 Å². The van der Waals surface area contributed by atoms with Crippen LogP contribution in [0, 0.1) is 5.41 Å². The van der Waals surface area contributed by atoms with E-state index < -0.39 is 0 Å². The Morgan fingerprint density at radius 1 is 1.47 bits per heavy atom. The fourth-order valence-corrected chi connectivity index (χ4v) is 3.30. The Kier molecular flexibility index (Phi) is 2.56. The highest BCUT2D eigenvalue weighted by molar-refractivity contribution is 7.22. The summed E-state index contributed by atoms with van der Waals surface area (Å²) in [6, 6.07) is 6.53. The van der Waals surface area contributed by atoms with Gasteiger partial charge in [0.05, 0.1) is 10.2 Å².